The summed E-state index contributed by atoms with van der Waals surface area (Å²) in [6.45, 7) is 4.10. The molecule has 1 unspecified atom stereocenters. The molecule has 1 fully saturated rings. The number of likely N-dealkylation sites (tertiary alicyclic amines) is 1. The Morgan fingerprint density at radius 1 is 1.00 bits per heavy atom. The van der Waals surface area contributed by atoms with Crippen LogP contribution in [-0.4, -0.2) is 43.8 Å². The van der Waals surface area contributed by atoms with Gasteiger partial charge < -0.3 is 21.8 Å². The maximum atomic E-state index is 13.3. The first-order valence-electron chi connectivity index (χ1n) is 13.0. The van der Waals surface area contributed by atoms with Gasteiger partial charge in [0.1, 0.15) is 17.3 Å². The molecule has 0 radical (unpaired) electrons. The van der Waals surface area contributed by atoms with Crippen molar-refractivity contribution in [2.45, 2.75) is 25.3 Å². The Labute approximate surface area is 235 Å². The maximum Gasteiger partial charge on any atom is 0.269 e. The summed E-state index contributed by atoms with van der Waals surface area (Å²) >= 11 is 0. The molecule has 2 aromatic heterocycles. The number of carbonyl (C=O) groups is 3. The molecule has 1 atom stereocenters. The smallest absolute Gasteiger partial charge is 0.269 e. The second-order valence-electron chi connectivity index (χ2n) is 9.62. The number of aromatic nitrogens is 3. The lowest BCUT2D eigenvalue weighted by Crippen LogP contribution is -2.39. The van der Waals surface area contributed by atoms with Crippen LogP contribution in [0.15, 0.2) is 79.5 Å². The summed E-state index contributed by atoms with van der Waals surface area (Å²) < 4.78 is 14.4. The van der Waals surface area contributed by atoms with Gasteiger partial charge in [0.15, 0.2) is 11.5 Å². The molecular weight excluding hydrogens is 525 g/mol. The molecule has 41 heavy (non-hydrogen) atoms. The van der Waals surface area contributed by atoms with Gasteiger partial charge in [-0.3, -0.25) is 14.4 Å². The van der Waals surface area contributed by atoms with Crippen molar-refractivity contribution in [3.8, 4) is 22.4 Å². The second kappa shape index (κ2) is 11.4. The fraction of sp³-hybridized carbons (Fsp3) is 0.167. The number of imidazole rings is 1. The highest BCUT2D eigenvalue weighted by Gasteiger charge is 2.33. The number of hydrogen-bond acceptors (Lipinski definition) is 6. The van der Waals surface area contributed by atoms with E-state index in [0.717, 1.165) is 28.6 Å². The van der Waals surface area contributed by atoms with Crippen molar-refractivity contribution >= 4 is 23.5 Å². The summed E-state index contributed by atoms with van der Waals surface area (Å²) in [5.74, 6) is 5.22. The summed E-state index contributed by atoms with van der Waals surface area (Å²) in [6.07, 6.45) is 5.13. The van der Waals surface area contributed by atoms with Crippen LogP contribution in [0.3, 0.4) is 0 Å². The van der Waals surface area contributed by atoms with Crippen molar-refractivity contribution in [2.75, 3.05) is 17.7 Å². The first kappa shape index (κ1) is 27.3. The van der Waals surface area contributed by atoms with Crippen LogP contribution in [0.5, 0.6) is 0 Å². The van der Waals surface area contributed by atoms with Crippen molar-refractivity contribution in [3.05, 3.63) is 102 Å². The van der Waals surface area contributed by atoms with E-state index in [0.29, 0.717) is 35.7 Å². The van der Waals surface area contributed by atoms with E-state index in [-0.39, 0.29) is 23.1 Å². The van der Waals surface area contributed by atoms with E-state index in [2.05, 4.69) is 21.9 Å². The van der Waals surface area contributed by atoms with Crippen LogP contribution in [-0.2, 0) is 4.79 Å². The third-order valence-corrected chi connectivity index (χ3v) is 7.03. The number of nitrogens with one attached hydrogen (secondary N) is 1. The van der Waals surface area contributed by atoms with Crippen LogP contribution < -0.4 is 16.9 Å². The van der Waals surface area contributed by atoms with Crippen molar-refractivity contribution in [1.29, 1.82) is 0 Å². The molecule has 0 saturated carbocycles. The Bertz CT molecular complexity index is 1630. The number of hydrogen-bond donors (Lipinski definition) is 3. The molecule has 0 aliphatic carbocycles. The van der Waals surface area contributed by atoms with Gasteiger partial charge in [-0.1, -0.05) is 30.8 Å². The van der Waals surface area contributed by atoms with Crippen molar-refractivity contribution in [1.82, 2.24) is 19.5 Å². The highest BCUT2D eigenvalue weighted by atomic mass is 19.1. The summed E-state index contributed by atoms with van der Waals surface area (Å²) in [5, 5.41) is 2.76. The van der Waals surface area contributed by atoms with Gasteiger partial charge in [0, 0.05) is 23.9 Å². The van der Waals surface area contributed by atoms with Crippen molar-refractivity contribution < 1.29 is 18.8 Å². The summed E-state index contributed by atoms with van der Waals surface area (Å²) in [4.78, 5) is 48.3. The Morgan fingerprint density at radius 2 is 1.71 bits per heavy atom. The van der Waals surface area contributed by atoms with Crippen LogP contribution >= 0.6 is 0 Å². The van der Waals surface area contributed by atoms with Gasteiger partial charge >= 0.3 is 0 Å². The quantitative estimate of drug-likeness (QED) is 0.232. The number of nitrogens with zero attached hydrogens (tertiary/aromatic N) is 4. The third kappa shape index (κ3) is 5.55. The fourth-order valence-corrected chi connectivity index (χ4v) is 4.99. The van der Waals surface area contributed by atoms with E-state index in [1.165, 1.54) is 18.2 Å². The fourth-order valence-electron chi connectivity index (χ4n) is 4.99. The van der Waals surface area contributed by atoms with Gasteiger partial charge in [0.2, 0.25) is 5.91 Å². The van der Waals surface area contributed by atoms with E-state index >= 15 is 0 Å². The zero-order valence-corrected chi connectivity index (χ0v) is 22.1. The van der Waals surface area contributed by atoms with Gasteiger partial charge in [0.25, 0.3) is 11.8 Å². The lowest BCUT2D eigenvalue weighted by Gasteiger charge is -2.34. The monoisotopic (exact) mass is 553 g/mol. The normalized spacial score (nSPS) is 14.9. The topological polar surface area (TPSA) is 149 Å². The standard InChI is InChI=1S/C30H28FN7O3/c1-2-25(39)37-16-4-3-5-23(37)29-36-26(27(28(32)40)38(29)33)19-6-8-20(9-7-19)30(41)35-24-17-21(14-15-34-24)18-10-12-22(31)13-11-18/h2,6-15,17,23H,1,3-5,16,33H2,(H2,32,40)(H,34,35,41). The number of anilines is 1. The number of rotatable bonds is 7. The molecule has 0 spiro atoms. The summed E-state index contributed by atoms with van der Waals surface area (Å²) in [6, 6.07) is 15.5. The average Bonchev–Trinajstić information content (AvgIpc) is 3.34. The molecule has 2 aromatic carbocycles. The zero-order chi connectivity index (χ0) is 29.1. The van der Waals surface area contributed by atoms with Gasteiger partial charge in [-0.15, -0.1) is 0 Å². The second-order valence-corrected chi connectivity index (χ2v) is 9.62. The van der Waals surface area contributed by atoms with Gasteiger partial charge in [-0.05, 0) is 72.9 Å². The predicted octanol–water partition coefficient (Wildman–Crippen LogP) is 4.06. The van der Waals surface area contributed by atoms with E-state index in [1.807, 2.05) is 0 Å². The molecule has 4 aromatic rings. The molecule has 1 aliphatic rings. The van der Waals surface area contributed by atoms with Crippen LogP contribution in [0.25, 0.3) is 22.4 Å². The highest BCUT2D eigenvalue weighted by molar-refractivity contribution is 6.04. The lowest BCUT2D eigenvalue weighted by atomic mass is 10.0. The third-order valence-electron chi connectivity index (χ3n) is 7.03. The highest BCUT2D eigenvalue weighted by Crippen LogP contribution is 2.33. The molecular formula is C30H28FN7O3. The Hall–Kier alpha value is -5.32. The van der Waals surface area contributed by atoms with Crippen molar-refractivity contribution in [3.63, 3.8) is 0 Å². The minimum absolute atomic E-state index is 0.00409. The number of halogens is 1. The number of benzene rings is 2. The Balaban J connectivity index is 1.39. The molecule has 1 saturated heterocycles. The van der Waals surface area contributed by atoms with E-state index in [1.54, 1.807) is 59.6 Å². The van der Waals surface area contributed by atoms with Gasteiger partial charge in [-0.25, -0.2) is 19.0 Å². The number of pyridine rings is 1. The molecule has 10 nitrogen and oxygen atoms in total. The van der Waals surface area contributed by atoms with Gasteiger partial charge in [-0.2, -0.15) is 0 Å². The average molecular weight is 554 g/mol. The molecule has 11 heteroatoms. The molecule has 208 valence electrons. The molecule has 5 rings (SSSR count). The lowest BCUT2D eigenvalue weighted by molar-refractivity contribution is -0.129. The van der Waals surface area contributed by atoms with Crippen LogP contribution in [0.2, 0.25) is 0 Å². The summed E-state index contributed by atoms with van der Waals surface area (Å²) in [5.41, 5.74) is 8.34. The molecule has 5 N–H and O–H groups in total. The SMILES string of the molecule is C=CC(=O)N1CCCCC1c1nc(-c2ccc(C(=O)Nc3cc(-c4ccc(F)cc4)ccn3)cc2)c(C(N)=O)n1N. The Morgan fingerprint density at radius 3 is 2.39 bits per heavy atom. The number of piperidine rings is 1. The molecule has 0 bridgehead atoms. The number of carbonyl (C=O) groups excluding carboxylic acids is 3. The van der Waals surface area contributed by atoms with E-state index in [4.69, 9.17) is 11.6 Å². The number of nitrogens with two attached hydrogens (primary N) is 2. The number of amides is 3. The van der Waals surface area contributed by atoms with Crippen LogP contribution in [0.4, 0.5) is 10.2 Å². The predicted molar refractivity (Wildman–Crippen MR) is 152 cm³/mol. The maximum absolute atomic E-state index is 13.3. The minimum atomic E-state index is -0.771. The number of nitrogen functional groups attached to an aromatic ring is 1. The molecule has 3 heterocycles. The first-order valence-corrected chi connectivity index (χ1v) is 13.0. The minimum Gasteiger partial charge on any atom is -0.364 e. The molecule has 3 amide bonds. The van der Waals surface area contributed by atoms with Gasteiger partial charge in [0.05, 0.1) is 6.04 Å². The first-order chi connectivity index (χ1) is 19.8. The Kier molecular flexibility index (Phi) is 7.59. The van der Waals surface area contributed by atoms with E-state index in [9.17, 15) is 18.8 Å². The number of primary amides is 1. The zero-order valence-electron chi connectivity index (χ0n) is 22.1. The van der Waals surface area contributed by atoms with Crippen molar-refractivity contribution in [2.24, 2.45) is 5.73 Å². The summed E-state index contributed by atoms with van der Waals surface area (Å²) in [7, 11) is 0. The van der Waals surface area contributed by atoms with E-state index < -0.39 is 17.9 Å². The van der Waals surface area contributed by atoms with Crippen LogP contribution in [0, 0.1) is 5.82 Å². The molecule has 1 aliphatic heterocycles. The van der Waals surface area contributed by atoms with Crippen LogP contribution in [0.1, 0.15) is 52.0 Å². The largest absolute Gasteiger partial charge is 0.364 e.